The monoisotopic (exact) mass is 970 g/mol. The van der Waals surface area contributed by atoms with Gasteiger partial charge in [0.05, 0.1) is 46.1 Å². The summed E-state index contributed by atoms with van der Waals surface area (Å²) < 4.78 is 69.8. The van der Waals surface area contributed by atoms with Crippen molar-refractivity contribution >= 4 is 25.4 Å². The lowest BCUT2D eigenvalue weighted by Crippen LogP contribution is -2.49. The summed E-state index contributed by atoms with van der Waals surface area (Å²) in [6, 6.07) is 31.7. The van der Waals surface area contributed by atoms with Crippen molar-refractivity contribution in [1.29, 1.82) is 0 Å². The van der Waals surface area contributed by atoms with E-state index in [1.54, 1.807) is 89.6 Å². The smallest absolute Gasteiger partial charge is 0.475 e. The molecule has 1 aromatic heterocycles. The Morgan fingerprint density at radius 1 is 0.768 bits per heavy atom. The fourth-order valence-corrected chi connectivity index (χ4v) is 9.13. The van der Waals surface area contributed by atoms with E-state index in [0.29, 0.717) is 28.2 Å². The molecule has 1 aliphatic rings. The molecule has 17 nitrogen and oxygen atoms in total. The number of ether oxygens (including phenoxy) is 6. The minimum Gasteiger partial charge on any atom is -0.497 e. The third-order valence-electron chi connectivity index (χ3n) is 11.8. The fraction of sp³-hybridized carbons (Fsp3) is 0.392. The zero-order valence-corrected chi connectivity index (χ0v) is 40.9. The number of H-pyrrole nitrogens is 1. The predicted molar refractivity (Wildman–Crippen MR) is 253 cm³/mol. The van der Waals surface area contributed by atoms with Crippen LogP contribution in [-0.2, 0) is 52.3 Å². The van der Waals surface area contributed by atoms with Crippen LogP contribution in [0.25, 0.3) is 0 Å². The molecule has 4 aromatic carbocycles. The van der Waals surface area contributed by atoms with Crippen LogP contribution in [0.1, 0.15) is 73.0 Å². The number of carbonyl (C=O) groups excluding carboxylic acids is 3. The van der Waals surface area contributed by atoms with Crippen LogP contribution < -0.4 is 20.7 Å². The average Bonchev–Trinajstić information content (AvgIpc) is 3.74. The quantitative estimate of drug-likeness (QED) is 0.0169. The molecule has 0 spiro atoms. The summed E-state index contributed by atoms with van der Waals surface area (Å²) in [5.74, 6) is -0.854. The summed E-state index contributed by atoms with van der Waals surface area (Å²) >= 11 is 0. The molecule has 1 aliphatic heterocycles. The molecule has 0 saturated carbocycles. The minimum atomic E-state index is -4.92. The molecule has 5 aromatic rings. The van der Waals surface area contributed by atoms with Crippen molar-refractivity contribution in [1.82, 2.24) is 9.55 Å². The van der Waals surface area contributed by atoms with Crippen LogP contribution in [0.3, 0.4) is 0 Å². The number of aromatic amines is 1. The Morgan fingerprint density at radius 3 is 1.87 bits per heavy atom. The van der Waals surface area contributed by atoms with Gasteiger partial charge in [0.1, 0.15) is 53.3 Å². The molecular weight excluding hydrogens is 912 g/mol. The molecular formula is C51H59N2O15P. The van der Waals surface area contributed by atoms with Gasteiger partial charge >= 0.3 is 19.5 Å². The highest BCUT2D eigenvalue weighted by Crippen LogP contribution is 2.55. The first-order valence-electron chi connectivity index (χ1n) is 22.2. The Kier molecular flexibility index (Phi) is 17.1. The SMILES string of the molecule is COCCOP(=O)(OCC(COC(c1ccccc1)(c1ccc(OC)cc1)c1ccc(OC)cc1)(C(C)=O)C(=O)c1ccccc1)O[C@H]1C[C@H](n2cc(C)c(=O)[nH]c2=O)O[C@@H]1COC(=O)C(C)(C)C. The number of methoxy groups -OCH3 is 3. The Bertz CT molecular complexity index is 2650. The molecule has 18 heteroatoms. The van der Waals surface area contributed by atoms with Crippen molar-refractivity contribution in [2.45, 2.75) is 65.1 Å². The van der Waals surface area contributed by atoms with Gasteiger partial charge in [-0.05, 0) is 75.6 Å². The largest absolute Gasteiger partial charge is 0.497 e. The number of hydrogen-bond acceptors (Lipinski definition) is 15. The zero-order chi connectivity index (χ0) is 50.0. The number of hydrogen-bond donors (Lipinski definition) is 1. The first-order chi connectivity index (χ1) is 32.9. The molecule has 1 saturated heterocycles. The van der Waals surface area contributed by atoms with Crippen LogP contribution in [0.2, 0.25) is 0 Å². The van der Waals surface area contributed by atoms with Gasteiger partial charge in [0.2, 0.25) is 0 Å². The van der Waals surface area contributed by atoms with E-state index in [1.165, 1.54) is 27.2 Å². The number of Topliss-reactive ketones (excluding diaryl/α,β-unsaturated/α-hetero) is 2. The van der Waals surface area contributed by atoms with Gasteiger partial charge in [-0.25, -0.2) is 9.36 Å². The second-order valence-corrected chi connectivity index (χ2v) is 19.1. The number of nitrogens with zero attached hydrogens (tertiary/aromatic N) is 1. The number of carbonyl (C=O) groups is 3. The summed E-state index contributed by atoms with van der Waals surface area (Å²) in [6.07, 6.45) is -2.43. The second kappa shape index (κ2) is 22.6. The van der Waals surface area contributed by atoms with Crippen LogP contribution in [0, 0.1) is 17.8 Å². The number of nitrogens with one attached hydrogen (secondary N) is 1. The van der Waals surface area contributed by atoms with Crippen LogP contribution in [-0.4, -0.2) is 93.7 Å². The normalized spacial score (nSPS) is 17.9. The number of benzene rings is 4. The van der Waals surface area contributed by atoms with E-state index in [-0.39, 0.29) is 30.8 Å². The number of aryl methyl sites for hydroxylation is 1. The molecule has 6 rings (SSSR count). The van der Waals surface area contributed by atoms with E-state index in [9.17, 15) is 19.2 Å². The highest BCUT2D eigenvalue weighted by molar-refractivity contribution is 7.48. The van der Waals surface area contributed by atoms with Crippen LogP contribution >= 0.6 is 7.82 Å². The number of ketones is 2. The number of phosphoric ester groups is 1. The Balaban J connectivity index is 1.45. The van der Waals surface area contributed by atoms with Crippen molar-refractivity contribution < 1.29 is 60.9 Å². The molecule has 5 atom stereocenters. The van der Waals surface area contributed by atoms with Crippen molar-refractivity contribution in [3.05, 3.63) is 164 Å². The third-order valence-corrected chi connectivity index (χ3v) is 13.2. The van der Waals surface area contributed by atoms with Gasteiger partial charge in [0, 0.05) is 30.9 Å². The summed E-state index contributed by atoms with van der Waals surface area (Å²) in [6.45, 7) is 5.34. The van der Waals surface area contributed by atoms with Gasteiger partial charge in [-0.3, -0.25) is 42.3 Å². The average molecular weight is 971 g/mol. The molecule has 2 unspecified atom stereocenters. The topological polar surface area (TPSA) is 206 Å². The van der Waals surface area contributed by atoms with E-state index >= 15 is 9.36 Å². The van der Waals surface area contributed by atoms with E-state index in [0.717, 1.165) is 4.57 Å². The van der Waals surface area contributed by atoms with Crippen LogP contribution in [0.4, 0.5) is 0 Å². The van der Waals surface area contributed by atoms with Gasteiger partial charge in [0.25, 0.3) is 5.56 Å². The molecule has 69 heavy (non-hydrogen) atoms. The lowest BCUT2D eigenvalue weighted by Gasteiger charge is -2.40. The molecule has 0 bridgehead atoms. The number of rotatable bonds is 23. The van der Waals surface area contributed by atoms with E-state index < -0.39 is 91.3 Å². The van der Waals surface area contributed by atoms with Gasteiger partial charge < -0.3 is 28.4 Å². The molecule has 368 valence electrons. The summed E-state index contributed by atoms with van der Waals surface area (Å²) in [5, 5.41) is 0. The van der Waals surface area contributed by atoms with Gasteiger partial charge in [-0.15, -0.1) is 0 Å². The van der Waals surface area contributed by atoms with Crippen molar-refractivity contribution in [3.8, 4) is 11.5 Å². The first-order valence-corrected chi connectivity index (χ1v) is 23.7. The van der Waals surface area contributed by atoms with E-state index in [4.69, 9.17) is 42.0 Å². The first kappa shape index (κ1) is 52.3. The maximum absolute atomic E-state index is 15.2. The lowest BCUT2D eigenvalue weighted by atomic mass is 9.76. The zero-order valence-electron chi connectivity index (χ0n) is 40.0. The second-order valence-electron chi connectivity index (χ2n) is 17.5. The highest BCUT2D eigenvalue weighted by Gasteiger charge is 2.51. The highest BCUT2D eigenvalue weighted by atomic mass is 31.2. The van der Waals surface area contributed by atoms with Crippen LogP contribution in [0.15, 0.2) is 125 Å². The number of esters is 1. The number of phosphoric acid groups is 1. The molecule has 0 radical (unpaired) electrons. The molecule has 1 N–H and O–H groups in total. The fourth-order valence-electron chi connectivity index (χ4n) is 7.70. The van der Waals surface area contributed by atoms with Gasteiger partial charge in [0.15, 0.2) is 5.78 Å². The Morgan fingerprint density at radius 2 is 1.33 bits per heavy atom. The standard InChI is InChI=1S/C51H59N2O15P/c1-34-30-53(48(58)52-46(34)56)44-29-42(43(67-44)31-63-47(57)49(3,4)5)68-69(59,65-28-27-60-6)66-33-50(35(2)54,45(55)36-15-11-9-12-16-36)32-64-51(37-17-13-10-14-18-37,38-19-23-40(61-7)24-20-38)39-21-25-41(62-8)26-22-39/h9-26,30,42-44H,27-29,31-33H2,1-8H3,(H,52,56,58)/t42-,43+,44+,50?,69?/m0/s1. The van der Waals surface area contributed by atoms with Crippen molar-refractivity contribution in [2.75, 3.05) is 54.4 Å². The van der Waals surface area contributed by atoms with Gasteiger partial charge in [-0.1, -0.05) is 84.9 Å². The Labute approximate surface area is 400 Å². The number of aromatic nitrogens is 2. The lowest BCUT2D eigenvalue weighted by molar-refractivity contribution is -0.159. The summed E-state index contributed by atoms with van der Waals surface area (Å²) in [5.41, 5.74) is -3.88. The van der Waals surface area contributed by atoms with Crippen molar-refractivity contribution in [3.63, 3.8) is 0 Å². The van der Waals surface area contributed by atoms with E-state index in [2.05, 4.69) is 4.98 Å². The Hall–Kier alpha value is -6.04. The summed E-state index contributed by atoms with van der Waals surface area (Å²) in [4.78, 5) is 70.3. The molecule has 0 aliphatic carbocycles. The minimum absolute atomic E-state index is 0.0770. The molecule has 2 heterocycles. The predicted octanol–water partition coefficient (Wildman–Crippen LogP) is 7.38. The van der Waals surface area contributed by atoms with Gasteiger partial charge in [-0.2, -0.15) is 0 Å². The maximum atomic E-state index is 15.2. The maximum Gasteiger partial charge on any atom is 0.475 e. The van der Waals surface area contributed by atoms with E-state index in [1.807, 2.05) is 54.6 Å². The molecule has 0 amide bonds. The third kappa shape index (κ3) is 12.1. The van der Waals surface area contributed by atoms with Crippen LogP contribution in [0.5, 0.6) is 11.5 Å². The van der Waals surface area contributed by atoms with Crippen molar-refractivity contribution in [2.24, 2.45) is 10.8 Å². The summed E-state index contributed by atoms with van der Waals surface area (Å²) in [7, 11) is -0.427. The molecule has 1 fully saturated rings.